The van der Waals surface area contributed by atoms with Crippen LogP contribution < -0.4 is 10.6 Å². The Bertz CT molecular complexity index is 385. The van der Waals surface area contributed by atoms with Crippen LogP contribution in [-0.2, 0) is 11.2 Å². The normalized spacial score (nSPS) is 22.9. The van der Waals surface area contributed by atoms with E-state index in [0.29, 0.717) is 0 Å². The molecule has 0 aliphatic carbocycles. The summed E-state index contributed by atoms with van der Waals surface area (Å²) in [5, 5.41) is 6.17. The van der Waals surface area contributed by atoms with Gasteiger partial charge in [-0.2, -0.15) is 0 Å². The first-order valence-electron chi connectivity index (χ1n) is 6.63. The highest BCUT2D eigenvalue weighted by Crippen LogP contribution is 2.25. The van der Waals surface area contributed by atoms with Crippen molar-refractivity contribution in [1.29, 1.82) is 0 Å². The highest BCUT2D eigenvalue weighted by Gasteiger charge is 2.39. The fraction of sp³-hybridized carbons (Fsp3) is 0.571. The largest absolute Gasteiger partial charge is 0.358 e. The van der Waals surface area contributed by atoms with E-state index in [4.69, 9.17) is 0 Å². The predicted molar refractivity (Wildman–Crippen MR) is 71.2 cm³/mol. The van der Waals surface area contributed by atoms with E-state index in [1.807, 2.05) is 24.5 Å². The maximum atomic E-state index is 12.0. The van der Waals surface area contributed by atoms with Crippen molar-refractivity contribution in [2.24, 2.45) is 0 Å². The van der Waals surface area contributed by atoms with Crippen molar-refractivity contribution in [3.63, 3.8) is 0 Å². The minimum absolute atomic E-state index is 0.134. The SMILES string of the molecule is CNC(=O)[C@]1(CCCc2ccncc2)CCCN1. The molecular formula is C14H21N3O. The first kappa shape index (κ1) is 13.0. The average Bonchev–Trinajstić information content (AvgIpc) is 2.89. The molecule has 1 aromatic heterocycles. The minimum atomic E-state index is -0.332. The second-order valence-electron chi connectivity index (χ2n) is 4.90. The first-order valence-corrected chi connectivity index (χ1v) is 6.63. The Morgan fingerprint density at radius 2 is 2.28 bits per heavy atom. The number of amides is 1. The zero-order valence-electron chi connectivity index (χ0n) is 10.9. The number of carbonyl (C=O) groups is 1. The lowest BCUT2D eigenvalue weighted by Gasteiger charge is -2.27. The zero-order chi connectivity index (χ0) is 12.8. The van der Waals surface area contributed by atoms with Gasteiger partial charge in [-0.15, -0.1) is 0 Å². The van der Waals surface area contributed by atoms with Gasteiger partial charge in [0.1, 0.15) is 0 Å². The standard InChI is InChI=1S/C14H21N3O/c1-15-13(18)14(8-3-9-17-14)7-2-4-12-5-10-16-11-6-12/h5-6,10-11,17H,2-4,7-9H2,1H3,(H,15,18)/t14-/m0/s1. The summed E-state index contributed by atoms with van der Waals surface area (Å²) in [6.45, 7) is 0.947. The number of hydrogen-bond donors (Lipinski definition) is 2. The molecule has 1 aliphatic rings. The summed E-state index contributed by atoms with van der Waals surface area (Å²) in [4.78, 5) is 16.0. The van der Waals surface area contributed by atoms with Crippen molar-refractivity contribution in [3.05, 3.63) is 30.1 Å². The van der Waals surface area contributed by atoms with Crippen molar-refractivity contribution in [2.45, 2.75) is 37.6 Å². The van der Waals surface area contributed by atoms with Crippen LogP contribution in [0.15, 0.2) is 24.5 Å². The highest BCUT2D eigenvalue weighted by atomic mass is 16.2. The number of nitrogens with zero attached hydrogens (tertiary/aromatic N) is 1. The van der Waals surface area contributed by atoms with Crippen molar-refractivity contribution in [3.8, 4) is 0 Å². The molecule has 0 spiro atoms. The summed E-state index contributed by atoms with van der Waals surface area (Å²) in [5.41, 5.74) is 0.956. The molecule has 1 aromatic rings. The van der Waals surface area contributed by atoms with Gasteiger partial charge in [0.25, 0.3) is 0 Å². The first-order chi connectivity index (χ1) is 8.77. The molecule has 0 radical (unpaired) electrons. The van der Waals surface area contributed by atoms with Gasteiger partial charge >= 0.3 is 0 Å². The molecule has 4 nitrogen and oxygen atoms in total. The third kappa shape index (κ3) is 2.88. The second kappa shape index (κ2) is 5.96. The average molecular weight is 247 g/mol. The molecule has 0 saturated carbocycles. The molecule has 1 atom stereocenters. The number of hydrogen-bond acceptors (Lipinski definition) is 3. The zero-order valence-corrected chi connectivity index (χ0v) is 10.9. The Morgan fingerprint density at radius 1 is 1.50 bits per heavy atom. The van der Waals surface area contributed by atoms with Crippen molar-refractivity contribution in [2.75, 3.05) is 13.6 Å². The molecule has 18 heavy (non-hydrogen) atoms. The Morgan fingerprint density at radius 3 is 2.89 bits per heavy atom. The molecule has 0 bridgehead atoms. The van der Waals surface area contributed by atoms with Crippen LogP contribution in [0.3, 0.4) is 0 Å². The van der Waals surface area contributed by atoms with Crippen LogP contribution in [0.1, 0.15) is 31.2 Å². The maximum absolute atomic E-state index is 12.0. The van der Waals surface area contributed by atoms with Crippen LogP contribution in [0.5, 0.6) is 0 Å². The Balaban J connectivity index is 1.89. The minimum Gasteiger partial charge on any atom is -0.358 e. The smallest absolute Gasteiger partial charge is 0.240 e. The molecule has 1 fully saturated rings. The van der Waals surface area contributed by atoms with E-state index in [-0.39, 0.29) is 11.4 Å². The van der Waals surface area contributed by atoms with Crippen LogP contribution >= 0.6 is 0 Å². The lowest BCUT2D eigenvalue weighted by atomic mass is 9.89. The molecule has 0 aromatic carbocycles. The molecule has 4 heteroatoms. The Hall–Kier alpha value is -1.42. The monoisotopic (exact) mass is 247 g/mol. The fourth-order valence-electron chi connectivity index (χ4n) is 2.71. The van der Waals surface area contributed by atoms with E-state index >= 15 is 0 Å². The van der Waals surface area contributed by atoms with Crippen molar-refractivity contribution >= 4 is 5.91 Å². The van der Waals surface area contributed by atoms with Gasteiger partial charge in [-0.25, -0.2) is 0 Å². The number of likely N-dealkylation sites (N-methyl/N-ethyl adjacent to an activating group) is 1. The van der Waals surface area contributed by atoms with Gasteiger partial charge in [-0.05, 0) is 56.3 Å². The fourth-order valence-corrected chi connectivity index (χ4v) is 2.71. The number of aromatic nitrogens is 1. The number of aryl methyl sites for hydroxylation is 1. The molecule has 98 valence electrons. The summed E-state index contributed by atoms with van der Waals surface area (Å²) in [7, 11) is 1.72. The van der Waals surface area contributed by atoms with Crippen LogP contribution in [0.2, 0.25) is 0 Å². The number of rotatable bonds is 5. The van der Waals surface area contributed by atoms with Crippen LogP contribution in [0.4, 0.5) is 0 Å². The van der Waals surface area contributed by atoms with E-state index in [1.165, 1.54) is 5.56 Å². The molecule has 1 amide bonds. The summed E-state index contributed by atoms with van der Waals surface area (Å²) in [6, 6.07) is 4.07. The van der Waals surface area contributed by atoms with Gasteiger partial charge in [0.2, 0.25) is 5.91 Å². The molecular weight excluding hydrogens is 226 g/mol. The van der Waals surface area contributed by atoms with Crippen LogP contribution in [0.25, 0.3) is 0 Å². The molecule has 0 unspecified atom stereocenters. The number of nitrogens with one attached hydrogen (secondary N) is 2. The molecule has 2 rings (SSSR count). The van der Waals surface area contributed by atoms with Crippen molar-refractivity contribution in [1.82, 2.24) is 15.6 Å². The summed E-state index contributed by atoms with van der Waals surface area (Å²) in [5.74, 6) is 0.134. The van der Waals surface area contributed by atoms with E-state index < -0.39 is 0 Å². The topological polar surface area (TPSA) is 54.0 Å². The molecule has 2 N–H and O–H groups in total. The predicted octanol–water partition coefficient (Wildman–Crippen LogP) is 1.27. The van der Waals surface area contributed by atoms with Gasteiger partial charge in [-0.3, -0.25) is 9.78 Å². The van der Waals surface area contributed by atoms with Crippen LogP contribution in [-0.4, -0.2) is 30.0 Å². The highest BCUT2D eigenvalue weighted by molar-refractivity contribution is 5.86. The quantitative estimate of drug-likeness (QED) is 0.824. The van der Waals surface area contributed by atoms with Crippen molar-refractivity contribution < 1.29 is 4.79 Å². The van der Waals surface area contributed by atoms with E-state index in [1.54, 1.807) is 7.05 Å². The van der Waals surface area contributed by atoms with Gasteiger partial charge in [0, 0.05) is 19.4 Å². The number of carbonyl (C=O) groups excluding carboxylic acids is 1. The summed E-state index contributed by atoms with van der Waals surface area (Å²) < 4.78 is 0. The summed E-state index contributed by atoms with van der Waals surface area (Å²) >= 11 is 0. The van der Waals surface area contributed by atoms with Gasteiger partial charge in [0.15, 0.2) is 0 Å². The maximum Gasteiger partial charge on any atom is 0.240 e. The Kier molecular flexibility index (Phi) is 4.31. The van der Waals surface area contributed by atoms with E-state index in [9.17, 15) is 4.79 Å². The lowest BCUT2D eigenvalue weighted by molar-refractivity contribution is -0.126. The van der Waals surface area contributed by atoms with Gasteiger partial charge in [-0.1, -0.05) is 0 Å². The van der Waals surface area contributed by atoms with Gasteiger partial charge < -0.3 is 10.6 Å². The third-order valence-electron chi connectivity index (χ3n) is 3.72. The number of pyridine rings is 1. The second-order valence-corrected chi connectivity index (χ2v) is 4.90. The molecule has 1 aliphatic heterocycles. The van der Waals surface area contributed by atoms with E-state index in [2.05, 4.69) is 15.6 Å². The van der Waals surface area contributed by atoms with E-state index in [0.717, 1.165) is 38.6 Å². The van der Waals surface area contributed by atoms with Gasteiger partial charge in [0.05, 0.1) is 5.54 Å². The summed E-state index contributed by atoms with van der Waals surface area (Å²) in [6.07, 6.45) is 8.59. The van der Waals surface area contributed by atoms with Crippen LogP contribution in [0, 0.1) is 0 Å². The lowest BCUT2D eigenvalue weighted by Crippen LogP contribution is -2.52. The third-order valence-corrected chi connectivity index (χ3v) is 3.72. The molecule has 2 heterocycles. The molecule has 1 saturated heterocycles. The Labute approximate surface area is 108 Å².